The van der Waals surface area contributed by atoms with Crippen molar-refractivity contribution in [1.82, 2.24) is 4.98 Å². The molecule has 0 bridgehead atoms. The van der Waals surface area contributed by atoms with Crippen LogP contribution in [0.4, 0.5) is 5.82 Å². The van der Waals surface area contributed by atoms with Gasteiger partial charge in [-0.05, 0) is 42.9 Å². The molecule has 0 spiro atoms. The normalized spacial score (nSPS) is 14.8. The summed E-state index contributed by atoms with van der Waals surface area (Å²) in [7, 11) is 0. The fourth-order valence-electron chi connectivity index (χ4n) is 1.75. The average Bonchev–Trinajstić information content (AvgIpc) is 2.18. The van der Waals surface area contributed by atoms with E-state index in [0.29, 0.717) is 12.2 Å². The Morgan fingerprint density at radius 2 is 2.08 bits per heavy atom. The molecule has 0 aromatic carbocycles. The van der Waals surface area contributed by atoms with Crippen molar-refractivity contribution in [2.75, 3.05) is 5.32 Å². The van der Waals surface area contributed by atoms with Crippen molar-refractivity contribution in [3.8, 4) is 0 Å². The molecule has 1 aromatic rings. The minimum atomic E-state index is 0.663. The standard InChI is InChI=1S/C10H12N2O/c13-7-12-10-5-8-3-1-2-4-9(8)6-11-10/h5-7H,1-4H2,(H,11,12,13). The number of pyridine rings is 1. The summed E-state index contributed by atoms with van der Waals surface area (Å²) in [5, 5.41) is 2.57. The smallest absolute Gasteiger partial charge is 0.212 e. The molecule has 3 heteroatoms. The van der Waals surface area contributed by atoms with E-state index in [9.17, 15) is 4.79 Å². The van der Waals surface area contributed by atoms with Gasteiger partial charge in [0.15, 0.2) is 0 Å². The van der Waals surface area contributed by atoms with Crippen molar-refractivity contribution in [2.24, 2.45) is 0 Å². The zero-order valence-electron chi connectivity index (χ0n) is 7.42. The van der Waals surface area contributed by atoms with Gasteiger partial charge in [0.1, 0.15) is 5.82 Å². The number of fused-ring (bicyclic) bond motifs is 1. The molecule has 0 unspecified atom stereocenters. The van der Waals surface area contributed by atoms with Crippen LogP contribution in [0.15, 0.2) is 12.3 Å². The lowest BCUT2D eigenvalue weighted by atomic mass is 9.93. The molecule has 1 aromatic heterocycles. The number of rotatable bonds is 2. The Balaban J connectivity index is 2.29. The van der Waals surface area contributed by atoms with E-state index in [1.165, 1.54) is 24.0 Å². The molecular weight excluding hydrogens is 164 g/mol. The molecule has 0 saturated carbocycles. The first-order valence-corrected chi connectivity index (χ1v) is 4.58. The largest absolute Gasteiger partial charge is 0.313 e. The van der Waals surface area contributed by atoms with Crippen molar-refractivity contribution < 1.29 is 4.79 Å². The first-order chi connectivity index (χ1) is 6.40. The summed E-state index contributed by atoms with van der Waals surface area (Å²) >= 11 is 0. The Hall–Kier alpha value is -1.38. The van der Waals surface area contributed by atoms with E-state index in [0.717, 1.165) is 12.8 Å². The second-order valence-electron chi connectivity index (χ2n) is 3.31. The Kier molecular flexibility index (Phi) is 2.25. The monoisotopic (exact) mass is 176 g/mol. The highest BCUT2D eigenvalue weighted by atomic mass is 16.1. The van der Waals surface area contributed by atoms with Gasteiger partial charge in [0.25, 0.3) is 0 Å². The average molecular weight is 176 g/mol. The predicted molar refractivity (Wildman–Crippen MR) is 50.6 cm³/mol. The van der Waals surface area contributed by atoms with Gasteiger partial charge in [0.05, 0.1) is 0 Å². The summed E-state index contributed by atoms with van der Waals surface area (Å²) in [6.07, 6.45) is 7.29. The summed E-state index contributed by atoms with van der Waals surface area (Å²) < 4.78 is 0. The maximum Gasteiger partial charge on any atom is 0.212 e. The highest BCUT2D eigenvalue weighted by Crippen LogP contribution is 2.21. The van der Waals surface area contributed by atoms with Crippen LogP contribution in [0.5, 0.6) is 0 Å². The summed E-state index contributed by atoms with van der Waals surface area (Å²) in [4.78, 5) is 14.3. The van der Waals surface area contributed by atoms with Gasteiger partial charge in [-0.3, -0.25) is 4.79 Å². The SMILES string of the molecule is O=CNc1cc2c(cn1)CCCC2. The quantitative estimate of drug-likeness (QED) is 0.694. The van der Waals surface area contributed by atoms with E-state index in [-0.39, 0.29) is 0 Å². The van der Waals surface area contributed by atoms with Crippen molar-refractivity contribution in [3.05, 3.63) is 23.4 Å². The summed E-state index contributed by atoms with van der Waals surface area (Å²) in [6.45, 7) is 0. The molecule has 13 heavy (non-hydrogen) atoms. The number of hydrogen-bond acceptors (Lipinski definition) is 2. The Labute approximate surface area is 77.2 Å². The summed E-state index contributed by atoms with van der Waals surface area (Å²) in [6, 6.07) is 1.98. The number of aryl methyl sites for hydroxylation is 2. The third-order valence-electron chi connectivity index (χ3n) is 2.43. The van der Waals surface area contributed by atoms with Gasteiger partial charge in [0, 0.05) is 6.20 Å². The van der Waals surface area contributed by atoms with Gasteiger partial charge >= 0.3 is 0 Å². The van der Waals surface area contributed by atoms with Crippen LogP contribution in [-0.2, 0) is 17.6 Å². The number of nitrogens with one attached hydrogen (secondary N) is 1. The Bertz CT molecular complexity index is 323. The van der Waals surface area contributed by atoms with E-state index in [1.54, 1.807) is 0 Å². The van der Waals surface area contributed by atoms with Crippen LogP contribution in [0, 0.1) is 0 Å². The Morgan fingerprint density at radius 3 is 2.85 bits per heavy atom. The van der Waals surface area contributed by atoms with E-state index >= 15 is 0 Å². The number of aromatic nitrogens is 1. The summed E-state index contributed by atoms with van der Waals surface area (Å²) in [5.74, 6) is 0.663. The summed E-state index contributed by atoms with van der Waals surface area (Å²) in [5.41, 5.74) is 2.67. The Morgan fingerprint density at radius 1 is 1.31 bits per heavy atom. The number of amides is 1. The van der Waals surface area contributed by atoms with Crippen LogP contribution < -0.4 is 5.32 Å². The topological polar surface area (TPSA) is 42.0 Å². The lowest BCUT2D eigenvalue weighted by molar-refractivity contribution is -0.105. The van der Waals surface area contributed by atoms with Crippen molar-refractivity contribution in [2.45, 2.75) is 25.7 Å². The van der Waals surface area contributed by atoms with E-state index in [1.807, 2.05) is 12.3 Å². The van der Waals surface area contributed by atoms with Crippen LogP contribution in [0.3, 0.4) is 0 Å². The van der Waals surface area contributed by atoms with Gasteiger partial charge in [-0.25, -0.2) is 4.98 Å². The minimum absolute atomic E-state index is 0.663. The molecule has 0 saturated heterocycles. The van der Waals surface area contributed by atoms with Crippen molar-refractivity contribution >= 4 is 12.2 Å². The van der Waals surface area contributed by atoms with Gasteiger partial charge in [-0.15, -0.1) is 0 Å². The highest BCUT2D eigenvalue weighted by Gasteiger charge is 2.09. The number of nitrogens with zero attached hydrogens (tertiary/aromatic N) is 1. The first kappa shape index (κ1) is 8.23. The van der Waals surface area contributed by atoms with Gasteiger partial charge in [-0.1, -0.05) is 0 Å². The number of anilines is 1. The molecule has 68 valence electrons. The second-order valence-corrected chi connectivity index (χ2v) is 3.31. The third-order valence-corrected chi connectivity index (χ3v) is 2.43. The molecule has 1 aliphatic carbocycles. The number of carbonyl (C=O) groups is 1. The van der Waals surface area contributed by atoms with Crippen molar-refractivity contribution in [3.63, 3.8) is 0 Å². The zero-order valence-corrected chi connectivity index (χ0v) is 7.42. The van der Waals surface area contributed by atoms with Crippen LogP contribution in [-0.4, -0.2) is 11.4 Å². The maximum absolute atomic E-state index is 10.2. The predicted octanol–water partition coefficient (Wildman–Crippen LogP) is 1.53. The van der Waals surface area contributed by atoms with Crippen molar-refractivity contribution in [1.29, 1.82) is 0 Å². The third kappa shape index (κ3) is 1.69. The zero-order chi connectivity index (χ0) is 9.10. The second kappa shape index (κ2) is 3.56. The van der Waals surface area contributed by atoms with E-state index in [2.05, 4.69) is 10.3 Å². The molecule has 0 aliphatic heterocycles. The molecular formula is C10H12N2O. The van der Waals surface area contributed by atoms with Gasteiger partial charge < -0.3 is 5.32 Å². The van der Waals surface area contributed by atoms with E-state index in [4.69, 9.17) is 0 Å². The van der Waals surface area contributed by atoms with Crippen LogP contribution in [0.1, 0.15) is 24.0 Å². The molecule has 0 atom stereocenters. The first-order valence-electron chi connectivity index (χ1n) is 4.58. The number of carbonyl (C=O) groups excluding carboxylic acids is 1. The van der Waals surface area contributed by atoms with Gasteiger partial charge in [0.2, 0.25) is 6.41 Å². The minimum Gasteiger partial charge on any atom is -0.313 e. The highest BCUT2D eigenvalue weighted by molar-refractivity contribution is 5.69. The van der Waals surface area contributed by atoms with Crippen LogP contribution in [0.25, 0.3) is 0 Å². The van der Waals surface area contributed by atoms with Crippen LogP contribution >= 0.6 is 0 Å². The molecule has 1 aliphatic rings. The lowest BCUT2D eigenvalue weighted by Crippen LogP contribution is -2.05. The fraction of sp³-hybridized carbons (Fsp3) is 0.400. The fourth-order valence-corrected chi connectivity index (χ4v) is 1.75. The lowest BCUT2D eigenvalue weighted by Gasteiger charge is -2.15. The molecule has 1 N–H and O–H groups in total. The molecule has 1 amide bonds. The molecule has 2 rings (SSSR count). The van der Waals surface area contributed by atoms with Gasteiger partial charge in [-0.2, -0.15) is 0 Å². The maximum atomic E-state index is 10.2. The molecule has 1 heterocycles. The molecule has 3 nitrogen and oxygen atoms in total. The molecule has 0 radical (unpaired) electrons. The van der Waals surface area contributed by atoms with Crippen LogP contribution in [0.2, 0.25) is 0 Å². The number of hydrogen-bond donors (Lipinski definition) is 1. The van der Waals surface area contributed by atoms with E-state index < -0.39 is 0 Å². The molecule has 0 fully saturated rings.